The molecular formula is C27H31N3O4S. The summed E-state index contributed by atoms with van der Waals surface area (Å²) >= 11 is 1.86. The Morgan fingerprint density at radius 2 is 2.03 bits per heavy atom. The number of piperidine rings is 1. The summed E-state index contributed by atoms with van der Waals surface area (Å²) in [6, 6.07) is 16.1. The van der Waals surface area contributed by atoms with Gasteiger partial charge in [-0.3, -0.25) is 9.69 Å². The largest absolute Gasteiger partial charge is 0.496 e. The van der Waals surface area contributed by atoms with Crippen molar-refractivity contribution in [3.05, 3.63) is 59.1 Å². The van der Waals surface area contributed by atoms with Crippen LogP contribution in [0.25, 0.3) is 21.0 Å². The van der Waals surface area contributed by atoms with Crippen molar-refractivity contribution in [2.45, 2.75) is 37.8 Å². The van der Waals surface area contributed by atoms with Crippen LogP contribution in [0.1, 0.15) is 41.0 Å². The number of β-amino-alcohol motifs (C(OH)–C–C–N with tert-alkyl or cyclic N) is 1. The summed E-state index contributed by atoms with van der Waals surface area (Å²) < 4.78 is 12.7. The van der Waals surface area contributed by atoms with Crippen LogP contribution < -0.4 is 15.2 Å². The quantitative estimate of drug-likeness (QED) is 0.336. The minimum Gasteiger partial charge on any atom is -0.496 e. The normalized spacial score (nSPS) is 19.7. The number of aliphatic hydroxyl groups is 1. The summed E-state index contributed by atoms with van der Waals surface area (Å²) in [4.78, 5) is 18.2. The monoisotopic (exact) mass is 493 g/mol. The molecule has 0 spiro atoms. The lowest BCUT2D eigenvalue weighted by Crippen LogP contribution is -2.45. The highest BCUT2D eigenvalue weighted by molar-refractivity contribution is 7.19. The molecule has 8 heteroatoms. The first-order chi connectivity index (χ1) is 16.9. The first-order valence-electron chi connectivity index (χ1n) is 12.0. The van der Waals surface area contributed by atoms with E-state index >= 15 is 0 Å². The number of aromatic nitrogens is 1. The summed E-state index contributed by atoms with van der Waals surface area (Å²) in [5.74, 6) is 1.55. The van der Waals surface area contributed by atoms with Gasteiger partial charge in [0.05, 0.1) is 7.11 Å². The topological polar surface area (TPSA) is 101 Å². The van der Waals surface area contributed by atoms with Gasteiger partial charge in [0.1, 0.15) is 29.9 Å². The van der Waals surface area contributed by atoms with Crippen LogP contribution in [0, 0.1) is 0 Å². The average Bonchev–Trinajstić information content (AvgIpc) is 3.49. The van der Waals surface area contributed by atoms with Crippen LogP contribution in [0.5, 0.6) is 11.5 Å². The standard InChI is InChI=1S/C27H31N3O4S/c1-16-11-17(26-13-20-23(33-2)6-4-8-25(20)35-26)9-10-30(16)14-18(31)15-34-24-7-3-5-21-19(24)12-22(29-21)27(28)32/h3-8,12-13,16-18,29,31H,9-11,14-15H2,1-2H3,(H2,28,32)/t16-,17-,18+/m1/s1. The van der Waals surface area contributed by atoms with E-state index in [1.165, 1.54) is 15.0 Å². The van der Waals surface area contributed by atoms with Gasteiger partial charge in [-0.25, -0.2) is 0 Å². The molecule has 35 heavy (non-hydrogen) atoms. The van der Waals surface area contributed by atoms with E-state index in [9.17, 15) is 9.90 Å². The van der Waals surface area contributed by atoms with Gasteiger partial charge in [0.25, 0.3) is 5.91 Å². The molecule has 184 valence electrons. The molecule has 2 aromatic heterocycles. The predicted molar refractivity (Wildman–Crippen MR) is 140 cm³/mol. The molecule has 1 fully saturated rings. The van der Waals surface area contributed by atoms with Crippen LogP contribution >= 0.6 is 11.3 Å². The van der Waals surface area contributed by atoms with Crippen molar-refractivity contribution in [2.24, 2.45) is 5.73 Å². The smallest absolute Gasteiger partial charge is 0.265 e. The Morgan fingerprint density at radius 3 is 2.80 bits per heavy atom. The van der Waals surface area contributed by atoms with Gasteiger partial charge in [0.15, 0.2) is 0 Å². The van der Waals surface area contributed by atoms with Gasteiger partial charge in [-0.15, -0.1) is 11.3 Å². The fourth-order valence-corrected chi connectivity index (χ4v) is 6.31. The average molecular weight is 494 g/mol. The maximum atomic E-state index is 11.5. The first-order valence-corrected chi connectivity index (χ1v) is 12.8. The van der Waals surface area contributed by atoms with E-state index in [-0.39, 0.29) is 6.61 Å². The molecule has 0 unspecified atom stereocenters. The number of nitrogens with two attached hydrogens (primary N) is 1. The Kier molecular flexibility index (Phi) is 6.69. The fraction of sp³-hybridized carbons (Fsp3) is 0.370. The number of hydrogen-bond acceptors (Lipinski definition) is 6. The Bertz CT molecular complexity index is 1350. The summed E-state index contributed by atoms with van der Waals surface area (Å²) in [6.07, 6.45) is 1.50. The number of aliphatic hydroxyl groups excluding tert-OH is 1. The van der Waals surface area contributed by atoms with Crippen LogP contribution in [-0.4, -0.2) is 59.8 Å². The highest BCUT2D eigenvalue weighted by Gasteiger charge is 2.29. The van der Waals surface area contributed by atoms with Crippen molar-refractivity contribution >= 4 is 38.2 Å². The summed E-state index contributed by atoms with van der Waals surface area (Å²) in [5.41, 5.74) is 6.50. The highest BCUT2D eigenvalue weighted by Crippen LogP contribution is 2.40. The molecule has 4 aromatic rings. The van der Waals surface area contributed by atoms with Crippen LogP contribution in [0.15, 0.2) is 48.5 Å². The molecule has 0 radical (unpaired) electrons. The number of carbonyl (C=O) groups excluding carboxylic acids is 1. The number of ether oxygens (including phenoxy) is 2. The number of primary amides is 1. The van der Waals surface area contributed by atoms with Crippen molar-refractivity contribution in [1.29, 1.82) is 0 Å². The molecule has 1 amide bonds. The van der Waals surface area contributed by atoms with Crippen LogP contribution in [-0.2, 0) is 0 Å². The summed E-state index contributed by atoms with van der Waals surface area (Å²) in [7, 11) is 1.72. The zero-order chi connectivity index (χ0) is 24.5. The number of aromatic amines is 1. The number of likely N-dealkylation sites (tertiary alicyclic amines) is 1. The van der Waals surface area contributed by atoms with Gasteiger partial charge in [0.2, 0.25) is 0 Å². The number of nitrogens with zero attached hydrogens (tertiary/aromatic N) is 1. The Morgan fingerprint density at radius 1 is 1.23 bits per heavy atom. The maximum absolute atomic E-state index is 11.5. The third kappa shape index (κ3) is 4.87. The molecule has 1 aliphatic heterocycles. The fourth-order valence-electron chi connectivity index (χ4n) is 5.08. The van der Waals surface area contributed by atoms with Gasteiger partial charge in [-0.05, 0) is 68.6 Å². The van der Waals surface area contributed by atoms with E-state index in [0.29, 0.717) is 29.9 Å². The van der Waals surface area contributed by atoms with E-state index in [4.69, 9.17) is 15.2 Å². The number of amides is 1. The Balaban J connectivity index is 1.18. The van der Waals surface area contributed by atoms with E-state index in [2.05, 4.69) is 28.9 Å². The minimum absolute atomic E-state index is 0.180. The Labute approximate surface area is 208 Å². The number of carbonyl (C=O) groups is 1. The third-order valence-electron chi connectivity index (χ3n) is 6.94. The van der Waals surface area contributed by atoms with Crippen LogP contribution in [0.4, 0.5) is 0 Å². The molecule has 7 nitrogen and oxygen atoms in total. The second kappa shape index (κ2) is 9.89. The molecule has 0 saturated carbocycles. The molecule has 1 saturated heterocycles. The van der Waals surface area contributed by atoms with Gasteiger partial charge in [-0.2, -0.15) is 0 Å². The second-order valence-corrected chi connectivity index (χ2v) is 10.4. The van der Waals surface area contributed by atoms with Crippen molar-refractivity contribution < 1.29 is 19.4 Å². The molecule has 0 aliphatic carbocycles. The number of hydrogen-bond donors (Lipinski definition) is 3. The van der Waals surface area contributed by atoms with Crippen LogP contribution in [0.2, 0.25) is 0 Å². The van der Waals surface area contributed by atoms with E-state index in [1.807, 2.05) is 41.7 Å². The summed E-state index contributed by atoms with van der Waals surface area (Å²) in [5, 5.41) is 12.7. The van der Waals surface area contributed by atoms with Gasteiger partial charge in [-0.1, -0.05) is 12.1 Å². The predicted octanol–water partition coefficient (Wildman–Crippen LogP) is 4.50. The first kappa shape index (κ1) is 23.7. The van der Waals surface area contributed by atoms with Crippen molar-refractivity contribution in [1.82, 2.24) is 9.88 Å². The van der Waals surface area contributed by atoms with Crippen molar-refractivity contribution in [2.75, 3.05) is 26.8 Å². The molecule has 0 bridgehead atoms. The van der Waals surface area contributed by atoms with E-state index < -0.39 is 12.0 Å². The number of methoxy groups -OCH3 is 1. The summed E-state index contributed by atoms with van der Waals surface area (Å²) in [6.45, 7) is 3.91. The Hall–Kier alpha value is -3.07. The maximum Gasteiger partial charge on any atom is 0.265 e. The lowest BCUT2D eigenvalue weighted by Gasteiger charge is -2.38. The lowest BCUT2D eigenvalue weighted by atomic mass is 9.90. The SMILES string of the molecule is COc1cccc2sc([C@@H]3CCN(C[C@H](O)COc4cccc5[nH]c(C(N)=O)cc45)[C@H](C)C3)cc12. The molecule has 3 atom stereocenters. The second-order valence-electron chi connectivity index (χ2n) is 9.32. The zero-order valence-electron chi connectivity index (χ0n) is 20.0. The lowest BCUT2D eigenvalue weighted by molar-refractivity contribution is 0.0408. The van der Waals surface area contributed by atoms with Crippen molar-refractivity contribution in [3.8, 4) is 11.5 Å². The number of benzene rings is 2. The number of nitrogens with one attached hydrogen (secondary N) is 1. The van der Waals surface area contributed by atoms with Crippen LogP contribution in [0.3, 0.4) is 0 Å². The van der Waals surface area contributed by atoms with Gasteiger partial charge in [0, 0.05) is 38.5 Å². The molecule has 3 heterocycles. The van der Waals surface area contributed by atoms with Crippen molar-refractivity contribution in [3.63, 3.8) is 0 Å². The van der Waals surface area contributed by atoms with Gasteiger partial charge < -0.3 is 25.3 Å². The number of rotatable bonds is 8. The van der Waals surface area contributed by atoms with E-state index in [1.54, 1.807) is 13.2 Å². The number of thiophene rings is 1. The molecule has 4 N–H and O–H groups in total. The van der Waals surface area contributed by atoms with E-state index in [0.717, 1.165) is 36.0 Å². The highest BCUT2D eigenvalue weighted by atomic mass is 32.1. The third-order valence-corrected chi connectivity index (χ3v) is 8.21. The number of fused-ring (bicyclic) bond motifs is 2. The molecule has 5 rings (SSSR count). The zero-order valence-corrected chi connectivity index (χ0v) is 20.8. The molecule has 1 aliphatic rings. The molecule has 2 aromatic carbocycles. The van der Waals surface area contributed by atoms with Gasteiger partial charge >= 0.3 is 0 Å². The molecular weight excluding hydrogens is 462 g/mol. The minimum atomic E-state index is -0.618. The number of H-pyrrole nitrogens is 1.